The smallest absolute Gasteiger partial charge is 0.151 e. The van der Waals surface area contributed by atoms with Gasteiger partial charge in [-0.25, -0.2) is 4.39 Å². The summed E-state index contributed by atoms with van der Waals surface area (Å²) < 4.78 is 12.5. The number of hydrogen-bond donors (Lipinski definition) is 1. The average Bonchev–Trinajstić information content (AvgIpc) is 3.19. The molecule has 0 saturated carbocycles. The van der Waals surface area contributed by atoms with E-state index < -0.39 is 6.67 Å². The molecule has 0 heterocycles. The van der Waals surface area contributed by atoms with Crippen LogP contribution >= 0.6 is 116 Å². The molecular weight excluding hydrogens is 926 g/mol. The number of aliphatic hydroxyl groups excluding tert-OH is 1. The Morgan fingerprint density at radius 2 is 1.04 bits per heavy atom. The van der Waals surface area contributed by atoms with E-state index in [1.165, 1.54) is 0 Å². The van der Waals surface area contributed by atoms with Gasteiger partial charge in [-0.05, 0) is 65.9 Å². The minimum absolute atomic E-state index is 0.0700. The summed E-state index contributed by atoms with van der Waals surface area (Å²) in [6, 6.07) is 29.9. The van der Waals surface area contributed by atoms with Crippen LogP contribution in [0.1, 0.15) is 46.5 Å². The summed E-state index contributed by atoms with van der Waals surface area (Å²) in [4.78, 5) is 10.2. The van der Waals surface area contributed by atoms with Gasteiger partial charge in [-0.1, -0.05) is 184 Å². The first-order valence-electron chi connectivity index (χ1n) is 15.9. The van der Waals surface area contributed by atoms with Crippen LogP contribution in [0.3, 0.4) is 0 Å². The second kappa shape index (κ2) is 27.8. The zero-order chi connectivity index (χ0) is 42.4. The number of nitriles is 2. The molecule has 0 unspecified atom stereocenters. The summed E-state index contributed by atoms with van der Waals surface area (Å²) in [6.07, 6.45) is 1.91. The number of allylic oxidation sites excluding steroid dienone is 2. The number of alkyl halides is 1. The fraction of sp³-hybridized carbons (Fsp3) is 0.146. The predicted octanol–water partition coefficient (Wildman–Crippen LogP) is 16.2. The van der Waals surface area contributed by atoms with Crippen molar-refractivity contribution in [3.63, 3.8) is 0 Å². The van der Waals surface area contributed by atoms with E-state index in [9.17, 15) is 9.18 Å². The van der Waals surface area contributed by atoms with Gasteiger partial charge in [-0.15, -0.1) is 0 Å². The van der Waals surface area contributed by atoms with Gasteiger partial charge in [0.15, 0.2) is 6.29 Å². The highest BCUT2D eigenvalue weighted by Crippen LogP contribution is 2.32. The molecule has 5 aromatic carbocycles. The van der Waals surface area contributed by atoms with Crippen molar-refractivity contribution in [3.8, 4) is 12.1 Å². The molecule has 0 bridgehead atoms. The number of nitrogens with zero attached hydrogens (tertiary/aromatic N) is 2. The Hall–Kier alpha value is -2.72. The molecule has 0 radical (unpaired) electrons. The molecule has 0 saturated heterocycles. The lowest BCUT2D eigenvalue weighted by molar-refractivity contribution is 0.112. The molecule has 5 aromatic rings. The molecule has 1 N–H and O–H groups in total. The molecule has 0 aliphatic carbocycles. The first kappa shape index (κ1) is 51.3. The van der Waals surface area contributed by atoms with Crippen LogP contribution in [0.25, 0.3) is 5.57 Å². The maximum atomic E-state index is 12.5. The lowest BCUT2D eigenvalue weighted by Gasteiger charge is -2.06. The highest BCUT2D eigenvalue weighted by molar-refractivity contribution is 6.45. The topological polar surface area (TPSA) is 84.9 Å². The quantitative estimate of drug-likeness (QED) is 0.136. The molecule has 0 aliphatic rings. The lowest BCUT2D eigenvalue weighted by Crippen LogP contribution is -1.90. The van der Waals surface area contributed by atoms with Crippen LogP contribution in [-0.4, -0.2) is 18.1 Å². The number of aryl methyl sites for hydroxylation is 1. The van der Waals surface area contributed by atoms with E-state index in [1.54, 1.807) is 85.8 Å². The number of aldehydes is 1. The van der Waals surface area contributed by atoms with E-state index in [-0.39, 0.29) is 17.2 Å². The molecule has 4 nitrogen and oxygen atoms in total. The van der Waals surface area contributed by atoms with Gasteiger partial charge >= 0.3 is 0 Å². The standard InChI is InChI=1S/C11H8Cl2FN.C8H5Cl2N.C8H8Cl2.C7H6Cl2O.C7H4Cl2O/c1-7(5-14)9(6-15)8-3-2-4-10(12)11(8)13;9-7-3-1-2-6(4-5-11)8(7)10;1-2-6-4-3-5-7(9)8(6)10;2*8-6-3-1-2-5(4-10)7(6)9/h2-4H,5H2,1H3;1-3H,4H2;3-5H,2H2,1H3;1-3,10H,4H2;1-4H/b9-7-;;;;. The fourth-order valence-corrected chi connectivity index (χ4v) is 5.99. The van der Waals surface area contributed by atoms with Gasteiger partial charge in [-0.2, -0.15) is 10.5 Å². The van der Waals surface area contributed by atoms with E-state index >= 15 is 0 Å². The van der Waals surface area contributed by atoms with Gasteiger partial charge in [0.05, 0.1) is 81.0 Å². The number of benzene rings is 5. The summed E-state index contributed by atoms with van der Waals surface area (Å²) in [5, 5.41) is 30.6. The fourth-order valence-electron chi connectivity index (χ4n) is 4.02. The van der Waals surface area contributed by atoms with Gasteiger partial charge in [0.25, 0.3) is 0 Å². The van der Waals surface area contributed by atoms with E-state index in [0.717, 1.165) is 17.5 Å². The van der Waals surface area contributed by atoms with Crippen molar-refractivity contribution >= 4 is 128 Å². The molecule has 0 spiro atoms. The van der Waals surface area contributed by atoms with E-state index in [4.69, 9.17) is 132 Å². The predicted molar refractivity (Wildman–Crippen MR) is 236 cm³/mol. The van der Waals surface area contributed by atoms with Crippen LogP contribution < -0.4 is 0 Å². The molecule has 294 valence electrons. The van der Waals surface area contributed by atoms with Crippen LogP contribution in [0.2, 0.25) is 50.2 Å². The molecule has 56 heavy (non-hydrogen) atoms. The summed E-state index contributed by atoms with van der Waals surface area (Å²) >= 11 is 57.4. The van der Waals surface area contributed by atoms with Crippen molar-refractivity contribution in [3.05, 3.63) is 175 Å². The molecule has 0 fully saturated rings. The Labute approximate surface area is 376 Å². The second-order valence-electron chi connectivity index (χ2n) is 10.7. The Bertz CT molecular complexity index is 2130. The Balaban J connectivity index is 0.000000353. The van der Waals surface area contributed by atoms with Crippen LogP contribution in [0.5, 0.6) is 0 Å². The molecule has 0 aliphatic heterocycles. The first-order valence-corrected chi connectivity index (χ1v) is 19.7. The van der Waals surface area contributed by atoms with Gasteiger partial charge in [0, 0.05) is 11.1 Å². The van der Waals surface area contributed by atoms with Gasteiger partial charge < -0.3 is 5.11 Å². The van der Waals surface area contributed by atoms with Crippen molar-refractivity contribution in [1.82, 2.24) is 0 Å². The molecule has 0 aromatic heterocycles. The molecule has 5 rings (SSSR count). The molecule has 0 atom stereocenters. The monoisotopic (exact) mass is 952 g/mol. The van der Waals surface area contributed by atoms with Crippen LogP contribution in [0, 0.1) is 22.7 Å². The third kappa shape index (κ3) is 16.6. The molecule has 0 amide bonds. The van der Waals surface area contributed by atoms with Crippen molar-refractivity contribution in [2.45, 2.75) is 33.3 Å². The largest absolute Gasteiger partial charge is 0.392 e. The van der Waals surface area contributed by atoms with Crippen LogP contribution in [-0.2, 0) is 19.4 Å². The van der Waals surface area contributed by atoms with Crippen molar-refractivity contribution in [1.29, 1.82) is 10.5 Å². The normalized spacial score (nSPS) is 10.2. The highest BCUT2D eigenvalue weighted by atomic mass is 35.5. The Kier molecular flexibility index (Phi) is 25.5. The third-order valence-corrected chi connectivity index (χ3v) is 11.2. The number of carbonyl (C=O) groups is 1. The number of carbonyl (C=O) groups excluding carboxylic acids is 1. The van der Waals surface area contributed by atoms with Crippen molar-refractivity contribution in [2.24, 2.45) is 0 Å². The highest BCUT2D eigenvalue weighted by Gasteiger charge is 2.11. The van der Waals surface area contributed by atoms with E-state index in [2.05, 4.69) is 6.92 Å². The minimum Gasteiger partial charge on any atom is -0.392 e. The summed E-state index contributed by atoms with van der Waals surface area (Å²) in [7, 11) is 0. The Morgan fingerprint density at radius 1 is 0.625 bits per heavy atom. The second-order valence-corrected chi connectivity index (χ2v) is 14.7. The van der Waals surface area contributed by atoms with Crippen LogP contribution in [0.4, 0.5) is 4.39 Å². The van der Waals surface area contributed by atoms with Crippen molar-refractivity contribution < 1.29 is 14.3 Å². The average molecular weight is 957 g/mol. The summed E-state index contributed by atoms with van der Waals surface area (Å²) in [5.41, 5.74) is 4.03. The van der Waals surface area contributed by atoms with Crippen LogP contribution in [0.15, 0.2) is 96.6 Å². The number of aliphatic hydroxyl groups is 1. The maximum Gasteiger partial charge on any atom is 0.151 e. The van der Waals surface area contributed by atoms with E-state index in [1.807, 2.05) is 24.3 Å². The third-order valence-electron chi connectivity index (χ3n) is 6.98. The maximum absolute atomic E-state index is 12.5. The summed E-state index contributed by atoms with van der Waals surface area (Å²) in [5.74, 6) is 0. The lowest BCUT2D eigenvalue weighted by atomic mass is 10.0. The van der Waals surface area contributed by atoms with E-state index in [0.29, 0.717) is 80.2 Å². The zero-order valence-electron chi connectivity index (χ0n) is 29.5. The number of rotatable bonds is 6. The zero-order valence-corrected chi connectivity index (χ0v) is 37.0. The van der Waals surface area contributed by atoms with Gasteiger partial charge in [0.2, 0.25) is 0 Å². The van der Waals surface area contributed by atoms with Gasteiger partial charge in [-0.3, -0.25) is 4.79 Å². The Morgan fingerprint density at radius 3 is 1.43 bits per heavy atom. The minimum atomic E-state index is -0.675. The molecule has 15 heteroatoms. The number of halogens is 11. The SMILES string of the molecule is C/C(CF)=C(\C#N)c1cccc(Cl)c1Cl.CCc1cccc(Cl)c1Cl.N#CCc1cccc(Cl)c1Cl.O=Cc1cccc(Cl)c1Cl.OCc1cccc(Cl)c1Cl. The summed E-state index contributed by atoms with van der Waals surface area (Å²) in [6.45, 7) is 2.86. The molecular formula is C41H31Cl10FN2O2. The number of hydrogen-bond acceptors (Lipinski definition) is 4. The van der Waals surface area contributed by atoms with Gasteiger partial charge in [0.1, 0.15) is 6.67 Å². The first-order chi connectivity index (χ1) is 26.6. The van der Waals surface area contributed by atoms with Crippen molar-refractivity contribution in [2.75, 3.05) is 6.67 Å².